The highest BCUT2D eigenvalue weighted by atomic mass is 32.2. The van der Waals surface area contributed by atoms with Gasteiger partial charge in [0.1, 0.15) is 6.61 Å². The molecule has 0 saturated heterocycles. The summed E-state index contributed by atoms with van der Waals surface area (Å²) in [6, 6.07) is 24.7. The summed E-state index contributed by atoms with van der Waals surface area (Å²) < 4.78 is 5.19. The molecule has 0 aliphatic carbocycles. The minimum atomic E-state index is -0.351. The van der Waals surface area contributed by atoms with Crippen molar-refractivity contribution in [3.8, 4) is 0 Å². The molecule has 0 heterocycles. The summed E-state index contributed by atoms with van der Waals surface area (Å²) in [5, 5.41) is 5.36. The van der Waals surface area contributed by atoms with Gasteiger partial charge >= 0.3 is 6.09 Å². The number of carbonyl (C=O) groups is 1. The highest BCUT2D eigenvalue weighted by Gasteiger charge is 2.02. The first kappa shape index (κ1) is 18.3. The molecule has 0 saturated carbocycles. The molecule has 0 radical (unpaired) electrons. The van der Waals surface area contributed by atoms with E-state index in [2.05, 4.69) is 47.8 Å². The second-order valence-electron chi connectivity index (χ2n) is 6.05. The zero-order chi connectivity index (χ0) is 18.0. The van der Waals surface area contributed by atoms with Gasteiger partial charge in [0, 0.05) is 11.4 Å². The van der Waals surface area contributed by atoms with E-state index < -0.39 is 0 Å². The van der Waals surface area contributed by atoms with Gasteiger partial charge in [-0.3, -0.25) is 0 Å². The van der Waals surface area contributed by atoms with Gasteiger partial charge in [0.2, 0.25) is 0 Å². The van der Waals surface area contributed by atoms with Crippen LogP contribution in [-0.2, 0) is 11.3 Å². The molecule has 0 aliphatic heterocycles. The number of benzene rings is 3. The van der Waals surface area contributed by atoms with Crippen LogP contribution >= 0.6 is 11.8 Å². The number of fused-ring (bicyclic) bond motifs is 1. The predicted molar refractivity (Wildman–Crippen MR) is 109 cm³/mol. The summed E-state index contributed by atoms with van der Waals surface area (Å²) in [6.45, 7) is 0.955. The van der Waals surface area contributed by atoms with Crippen LogP contribution in [0.3, 0.4) is 0 Å². The first-order valence-electron chi connectivity index (χ1n) is 8.87. The number of alkyl carbamates (subject to hydrolysis) is 1. The molecule has 0 unspecified atom stereocenters. The van der Waals surface area contributed by atoms with E-state index in [1.807, 2.05) is 42.1 Å². The van der Waals surface area contributed by atoms with Crippen molar-refractivity contribution in [2.75, 3.05) is 12.3 Å². The minimum absolute atomic E-state index is 0.310. The third-order valence-electron chi connectivity index (χ3n) is 4.04. The van der Waals surface area contributed by atoms with Gasteiger partial charge in [0.15, 0.2) is 0 Å². The molecule has 3 rings (SSSR count). The molecule has 0 spiro atoms. The van der Waals surface area contributed by atoms with Crippen LogP contribution in [0.4, 0.5) is 4.79 Å². The number of nitrogens with one attached hydrogen (secondary N) is 1. The van der Waals surface area contributed by atoms with Gasteiger partial charge in [-0.1, -0.05) is 60.7 Å². The molecule has 134 valence electrons. The lowest BCUT2D eigenvalue weighted by atomic mass is 10.1. The molecule has 0 atom stereocenters. The molecule has 0 fully saturated rings. The Labute approximate surface area is 158 Å². The lowest BCUT2D eigenvalue weighted by molar-refractivity contribution is 0.139. The normalized spacial score (nSPS) is 10.6. The summed E-state index contributed by atoms with van der Waals surface area (Å²) >= 11 is 1.86. The van der Waals surface area contributed by atoms with E-state index in [4.69, 9.17) is 4.74 Å². The van der Waals surface area contributed by atoms with Gasteiger partial charge in [-0.25, -0.2) is 4.79 Å². The summed E-state index contributed by atoms with van der Waals surface area (Å²) in [6.07, 6.45) is 1.65. The summed E-state index contributed by atoms with van der Waals surface area (Å²) in [5.74, 6) is 1.04. The number of carbonyl (C=O) groups excluding carboxylic acids is 1. The van der Waals surface area contributed by atoms with E-state index in [-0.39, 0.29) is 6.09 Å². The number of rotatable bonds is 8. The van der Waals surface area contributed by atoms with Crippen molar-refractivity contribution >= 4 is 28.6 Å². The number of hydrogen-bond donors (Lipinski definition) is 1. The largest absolute Gasteiger partial charge is 0.445 e. The number of ether oxygens (including phenoxy) is 1. The Morgan fingerprint density at radius 3 is 2.50 bits per heavy atom. The van der Waals surface area contributed by atoms with E-state index in [1.54, 1.807) is 0 Å². The smallest absolute Gasteiger partial charge is 0.407 e. The Bertz CT molecular complexity index is 836. The third-order valence-corrected chi connectivity index (χ3v) is 5.12. The molecule has 0 aromatic heterocycles. The standard InChI is InChI=1S/C22H23NO2S/c24-22(25-17-18-8-2-1-3-9-18)23-14-6-7-15-26-21-13-12-19-10-4-5-11-20(19)16-21/h1-5,8-13,16H,6-7,14-15,17H2,(H,23,24). The van der Waals surface area contributed by atoms with Gasteiger partial charge in [-0.15, -0.1) is 11.8 Å². The maximum Gasteiger partial charge on any atom is 0.407 e. The minimum Gasteiger partial charge on any atom is -0.445 e. The summed E-state index contributed by atoms with van der Waals surface area (Å²) in [5.41, 5.74) is 0.995. The Morgan fingerprint density at radius 1 is 0.885 bits per heavy atom. The SMILES string of the molecule is O=C(NCCCCSc1ccc2ccccc2c1)OCc1ccccc1. The van der Waals surface area contributed by atoms with Crippen LogP contribution in [0.15, 0.2) is 77.7 Å². The molecular formula is C22H23NO2S. The van der Waals surface area contributed by atoms with E-state index in [1.165, 1.54) is 15.7 Å². The van der Waals surface area contributed by atoms with Gasteiger partial charge in [0.25, 0.3) is 0 Å². The molecular weight excluding hydrogens is 342 g/mol. The average molecular weight is 365 g/mol. The number of amides is 1. The fourth-order valence-electron chi connectivity index (χ4n) is 2.64. The van der Waals surface area contributed by atoms with Gasteiger partial charge in [-0.2, -0.15) is 0 Å². The Kier molecular flexibility index (Phi) is 6.96. The Hall–Kier alpha value is -2.46. The van der Waals surface area contributed by atoms with Crippen molar-refractivity contribution < 1.29 is 9.53 Å². The topological polar surface area (TPSA) is 38.3 Å². The second kappa shape index (κ2) is 9.88. The van der Waals surface area contributed by atoms with Crippen molar-refractivity contribution in [3.05, 3.63) is 78.4 Å². The van der Waals surface area contributed by atoms with Crippen molar-refractivity contribution in [2.24, 2.45) is 0 Å². The van der Waals surface area contributed by atoms with E-state index in [0.717, 1.165) is 24.2 Å². The van der Waals surface area contributed by atoms with Crippen LogP contribution in [0, 0.1) is 0 Å². The van der Waals surface area contributed by atoms with Crippen LogP contribution in [0.2, 0.25) is 0 Å². The van der Waals surface area contributed by atoms with Gasteiger partial charge in [0.05, 0.1) is 0 Å². The molecule has 0 bridgehead atoms. The van der Waals surface area contributed by atoms with Crippen LogP contribution in [0.1, 0.15) is 18.4 Å². The van der Waals surface area contributed by atoms with Crippen LogP contribution in [0.5, 0.6) is 0 Å². The van der Waals surface area contributed by atoms with Crippen molar-refractivity contribution in [1.82, 2.24) is 5.32 Å². The summed E-state index contributed by atoms with van der Waals surface area (Å²) in [7, 11) is 0. The van der Waals surface area contributed by atoms with Crippen molar-refractivity contribution in [3.63, 3.8) is 0 Å². The molecule has 0 aliphatic rings. The monoisotopic (exact) mass is 365 g/mol. The average Bonchev–Trinajstić information content (AvgIpc) is 2.69. The van der Waals surface area contributed by atoms with Crippen LogP contribution < -0.4 is 5.32 Å². The highest BCUT2D eigenvalue weighted by Crippen LogP contribution is 2.24. The van der Waals surface area contributed by atoms with Gasteiger partial charge < -0.3 is 10.1 Å². The first-order valence-corrected chi connectivity index (χ1v) is 9.86. The van der Waals surface area contributed by atoms with Gasteiger partial charge in [-0.05, 0) is 47.1 Å². The second-order valence-corrected chi connectivity index (χ2v) is 7.22. The zero-order valence-electron chi connectivity index (χ0n) is 14.7. The number of unbranched alkanes of at least 4 members (excludes halogenated alkanes) is 1. The molecule has 4 heteroatoms. The maximum atomic E-state index is 11.7. The zero-order valence-corrected chi connectivity index (χ0v) is 15.5. The Morgan fingerprint density at radius 2 is 1.65 bits per heavy atom. The molecule has 1 N–H and O–H groups in total. The first-order chi connectivity index (χ1) is 12.8. The number of thioether (sulfide) groups is 1. The van der Waals surface area contributed by atoms with Crippen molar-refractivity contribution in [2.45, 2.75) is 24.3 Å². The van der Waals surface area contributed by atoms with Crippen LogP contribution in [0.25, 0.3) is 10.8 Å². The molecule has 3 aromatic carbocycles. The lowest BCUT2D eigenvalue weighted by Crippen LogP contribution is -2.25. The fraction of sp³-hybridized carbons (Fsp3) is 0.227. The quantitative estimate of drug-likeness (QED) is 0.415. The maximum absolute atomic E-state index is 11.7. The predicted octanol–water partition coefficient (Wildman–Crippen LogP) is 5.64. The lowest BCUT2D eigenvalue weighted by Gasteiger charge is -2.07. The van der Waals surface area contributed by atoms with Crippen LogP contribution in [-0.4, -0.2) is 18.4 Å². The fourth-order valence-corrected chi connectivity index (χ4v) is 3.60. The molecule has 3 aromatic rings. The van der Waals surface area contributed by atoms with E-state index in [9.17, 15) is 4.79 Å². The molecule has 26 heavy (non-hydrogen) atoms. The summed E-state index contributed by atoms with van der Waals surface area (Å²) in [4.78, 5) is 12.9. The highest BCUT2D eigenvalue weighted by molar-refractivity contribution is 7.99. The van der Waals surface area contributed by atoms with Crippen molar-refractivity contribution in [1.29, 1.82) is 0 Å². The number of hydrogen-bond acceptors (Lipinski definition) is 3. The van der Waals surface area contributed by atoms with E-state index in [0.29, 0.717) is 13.2 Å². The molecule has 3 nitrogen and oxygen atoms in total. The molecule has 1 amide bonds. The van der Waals surface area contributed by atoms with E-state index >= 15 is 0 Å². The Balaban J connectivity index is 1.28. The third kappa shape index (κ3) is 5.81.